The number of rotatable bonds is 2. The van der Waals surface area contributed by atoms with Gasteiger partial charge < -0.3 is 11.5 Å². The monoisotopic (exact) mass is 218 g/mol. The molecule has 1 aliphatic rings. The second-order valence-electron chi connectivity index (χ2n) is 4.66. The topological polar surface area (TPSA) is 69.1 Å². The summed E-state index contributed by atoms with van der Waals surface area (Å²) in [6, 6.07) is 7.43. The normalized spacial score (nSPS) is 19.3. The van der Waals surface area contributed by atoms with Crippen molar-refractivity contribution >= 4 is 5.91 Å². The van der Waals surface area contributed by atoms with Crippen molar-refractivity contribution in [3.05, 3.63) is 35.4 Å². The van der Waals surface area contributed by atoms with Crippen molar-refractivity contribution in [1.29, 1.82) is 0 Å². The van der Waals surface area contributed by atoms with E-state index < -0.39 is 0 Å². The first-order chi connectivity index (χ1) is 7.62. The molecule has 1 aromatic rings. The SMILES string of the molecule is NC(=O)c1cccc(C2(N)CCCCC2)c1. The third-order valence-corrected chi connectivity index (χ3v) is 3.47. The van der Waals surface area contributed by atoms with Gasteiger partial charge in [0.05, 0.1) is 0 Å². The molecule has 86 valence electrons. The number of carbonyl (C=O) groups excluding carboxylic acids is 1. The molecule has 1 aliphatic carbocycles. The zero-order chi connectivity index (χ0) is 11.6. The Morgan fingerprint density at radius 1 is 1.19 bits per heavy atom. The molecule has 0 radical (unpaired) electrons. The Balaban J connectivity index is 2.31. The Labute approximate surface area is 95.8 Å². The molecule has 0 atom stereocenters. The van der Waals surface area contributed by atoms with Crippen LogP contribution in [0.4, 0.5) is 0 Å². The van der Waals surface area contributed by atoms with Crippen molar-refractivity contribution in [3.8, 4) is 0 Å². The van der Waals surface area contributed by atoms with E-state index in [-0.39, 0.29) is 11.4 Å². The first kappa shape index (κ1) is 11.1. The Morgan fingerprint density at radius 3 is 2.50 bits per heavy atom. The van der Waals surface area contributed by atoms with E-state index in [9.17, 15) is 4.79 Å². The lowest BCUT2D eigenvalue weighted by molar-refractivity contribution is 0.1000. The average molecular weight is 218 g/mol. The van der Waals surface area contributed by atoms with Gasteiger partial charge in [-0.25, -0.2) is 0 Å². The van der Waals surface area contributed by atoms with Crippen LogP contribution in [-0.4, -0.2) is 5.91 Å². The van der Waals surface area contributed by atoms with Gasteiger partial charge in [-0.15, -0.1) is 0 Å². The first-order valence-electron chi connectivity index (χ1n) is 5.81. The third-order valence-electron chi connectivity index (χ3n) is 3.47. The van der Waals surface area contributed by atoms with Crippen molar-refractivity contribution in [1.82, 2.24) is 0 Å². The standard InChI is InChI=1S/C13H18N2O/c14-12(16)10-5-4-6-11(9-10)13(15)7-2-1-3-8-13/h4-6,9H,1-3,7-8,15H2,(H2,14,16). The number of hydrogen-bond acceptors (Lipinski definition) is 2. The molecule has 0 aromatic heterocycles. The fourth-order valence-corrected chi connectivity index (χ4v) is 2.45. The second kappa shape index (κ2) is 4.26. The maximum atomic E-state index is 11.1. The zero-order valence-corrected chi connectivity index (χ0v) is 9.41. The number of primary amides is 1. The Bertz CT molecular complexity index is 395. The van der Waals surface area contributed by atoms with Gasteiger partial charge in [0.1, 0.15) is 0 Å². The molecule has 0 bridgehead atoms. The van der Waals surface area contributed by atoms with Gasteiger partial charge in [0.25, 0.3) is 0 Å². The minimum absolute atomic E-state index is 0.260. The summed E-state index contributed by atoms with van der Waals surface area (Å²) in [7, 11) is 0. The van der Waals surface area contributed by atoms with Crippen LogP contribution in [0.25, 0.3) is 0 Å². The number of hydrogen-bond donors (Lipinski definition) is 2. The highest BCUT2D eigenvalue weighted by Gasteiger charge is 2.29. The fourth-order valence-electron chi connectivity index (χ4n) is 2.45. The predicted molar refractivity (Wildman–Crippen MR) is 63.9 cm³/mol. The van der Waals surface area contributed by atoms with Crippen LogP contribution in [0.1, 0.15) is 48.0 Å². The van der Waals surface area contributed by atoms with Gasteiger partial charge in [-0.3, -0.25) is 4.79 Å². The van der Waals surface area contributed by atoms with Gasteiger partial charge >= 0.3 is 0 Å². The molecule has 0 spiro atoms. The summed E-state index contributed by atoms with van der Waals surface area (Å²) in [6.07, 6.45) is 5.58. The summed E-state index contributed by atoms with van der Waals surface area (Å²) in [5.41, 5.74) is 13.0. The number of benzene rings is 1. The van der Waals surface area contributed by atoms with Gasteiger partial charge in [-0.1, -0.05) is 31.4 Å². The minimum atomic E-state index is -0.388. The molecular formula is C13H18N2O. The summed E-state index contributed by atoms with van der Waals surface area (Å²) < 4.78 is 0. The lowest BCUT2D eigenvalue weighted by atomic mass is 9.77. The Morgan fingerprint density at radius 2 is 1.88 bits per heavy atom. The van der Waals surface area contributed by atoms with Crippen molar-refractivity contribution in [2.45, 2.75) is 37.6 Å². The molecule has 0 saturated heterocycles. The van der Waals surface area contributed by atoms with Gasteiger partial charge in [0, 0.05) is 11.1 Å². The van der Waals surface area contributed by atoms with E-state index in [0.717, 1.165) is 31.2 Å². The molecule has 1 saturated carbocycles. The van der Waals surface area contributed by atoms with E-state index in [1.165, 1.54) is 6.42 Å². The third kappa shape index (κ3) is 2.09. The smallest absolute Gasteiger partial charge is 0.248 e. The van der Waals surface area contributed by atoms with Crippen molar-refractivity contribution in [2.24, 2.45) is 11.5 Å². The van der Waals surface area contributed by atoms with Gasteiger partial charge in [-0.05, 0) is 30.5 Å². The van der Waals surface area contributed by atoms with Crippen molar-refractivity contribution in [2.75, 3.05) is 0 Å². The predicted octanol–water partition coefficient (Wildman–Crippen LogP) is 1.90. The largest absolute Gasteiger partial charge is 0.366 e. The Hall–Kier alpha value is -1.35. The highest BCUT2D eigenvalue weighted by atomic mass is 16.1. The van der Waals surface area contributed by atoms with E-state index >= 15 is 0 Å². The van der Waals surface area contributed by atoms with Crippen LogP contribution >= 0.6 is 0 Å². The minimum Gasteiger partial charge on any atom is -0.366 e. The lowest BCUT2D eigenvalue weighted by Gasteiger charge is -2.34. The maximum absolute atomic E-state index is 11.1. The van der Waals surface area contributed by atoms with Crippen LogP contribution in [-0.2, 0) is 5.54 Å². The summed E-state index contributed by atoms with van der Waals surface area (Å²) in [5, 5.41) is 0. The van der Waals surface area contributed by atoms with Crippen LogP contribution in [0.2, 0.25) is 0 Å². The first-order valence-corrected chi connectivity index (χ1v) is 5.81. The van der Waals surface area contributed by atoms with E-state index in [4.69, 9.17) is 11.5 Å². The molecule has 0 aliphatic heterocycles. The second-order valence-corrected chi connectivity index (χ2v) is 4.66. The number of carbonyl (C=O) groups is 1. The summed E-state index contributed by atoms with van der Waals surface area (Å²) in [5.74, 6) is -0.388. The highest BCUT2D eigenvalue weighted by Crippen LogP contribution is 2.34. The van der Waals surface area contributed by atoms with E-state index in [1.54, 1.807) is 6.07 Å². The molecule has 3 heteroatoms. The summed E-state index contributed by atoms with van der Waals surface area (Å²) >= 11 is 0. The van der Waals surface area contributed by atoms with E-state index in [2.05, 4.69) is 0 Å². The van der Waals surface area contributed by atoms with E-state index in [1.807, 2.05) is 18.2 Å². The fraction of sp³-hybridized carbons (Fsp3) is 0.462. The number of amides is 1. The molecule has 3 nitrogen and oxygen atoms in total. The van der Waals surface area contributed by atoms with Crippen LogP contribution in [0.15, 0.2) is 24.3 Å². The number of nitrogens with two attached hydrogens (primary N) is 2. The molecule has 0 unspecified atom stereocenters. The molecule has 1 aromatic carbocycles. The molecule has 16 heavy (non-hydrogen) atoms. The van der Waals surface area contributed by atoms with Crippen LogP contribution in [0.3, 0.4) is 0 Å². The van der Waals surface area contributed by atoms with E-state index in [0.29, 0.717) is 5.56 Å². The van der Waals surface area contributed by atoms with Gasteiger partial charge in [0.2, 0.25) is 5.91 Å². The maximum Gasteiger partial charge on any atom is 0.248 e. The summed E-state index contributed by atoms with van der Waals surface area (Å²) in [4.78, 5) is 11.1. The molecule has 1 amide bonds. The van der Waals surface area contributed by atoms with Gasteiger partial charge in [0.15, 0.2) is 0 Å². The van der Waals surface area contributed by atoms with Gasteiger partial charge in [-0.2, -0.15) is 0 Å². The zero-order valence-electron chi connectivity index (χ0n) is 9.41. The van der Waals surface area contributed by atoms with Crippen LogP contribution in [0, 0.1) is 0 Å². The Kier molecular flexibility index (Phi) is 2.97. The average Bonchev–Trinajstić information content (AvgIpc) is 2.30. The van der Waals surface area contributed by atoms with Crippen molar-refractivity contribution < 1.29 is 4.79 Å². The quantitative estimate of drug-likeness (QED) is 0.796. The van der Waals surface area contributed by atoms with Crippen LogP contribution in [0.5, 0.6) is 0 Å². The molecule has 0 heterocycles. The molecular weight excluding hydrogens is 200 g/mol. The summed E-state index contributed by atoms with van der Waals surface area (Å²) in [6.45, 7) is 0. The highest BCUT2D eigenvalue weighted by molar-refractivity contribution is 5.92. The molecule has 2 rings (SSSR count). The van der Waals surface area contributed by atoms with Crippen LogP contribution < -0.4 is 11.5 Å². The van der Waals surface area contributed by atoms with Crippen molar-refractivity contribution in [3.63, 3.8) is 0 Å². The molecule has 4 N–H and O–H groups in total. The lowest BCUT2D eigenvalue weighted by Crippen LogP contribution is -2.38. The molecule has 1 fully saturated rings.